The van der Waals surface area contributed by atoms with Crippen molar-refractivity contribution in [2.45, 2.75) is 26.4 Å². The molecular formula is C8H13F3N2O2. The van der Waals surface area contributed by atoms with E-state index in [2.05, 4.69) is 9.99 Å². The first-order valence-corrected chi connectivity index (χ1v) is 4.30. The van der Waals surface area contributed by atoms with Crippen molar-refractivity contribution >= 4 is 11.8 Å². The summed E-state index contributed by atoms with van der Waals surface area (Å²) in [5.74, 6) is -0.223. The molecule has 1 amide bonds. The van der Waals surface area contributed by atoms with Gasteiger partial charge in [0.1, 0.15) is 0 Å². The molecule has 0 aliphatic heterocycles. The molecule has 0 bridgehead atoms. The Morgan fingerprint density at radius 3 is 2.33 bits per heavy atom. The third-order valence-electron chi connectivity index (χ3n) is 1.37. The molecular weight excluding hydrogens is 213 g/mol. The third kappa shape index (κ3) is 5.92. The van der Waals surface area contributed by atoms with E-state index in [1.54, 1.807) is 13.8 Å². The van der Waals surface area contributed by atoms with Crippen LogP contribution in [0.4, 0.5) is 18.0 Å². The van der Waals surface area contributed by atoms with Crippen LogP contribution in [-0.2, 0) is 4.84 Å². The third-order valence-corrected chi connectivity index (χ3v) is 1.37. The van der Waals surface area contributed by atoms with Crippen LogP contribution in [0.1, 0.15) is 20.3 Å². The first kappa shape index (κ1) is 13.7. The SMILES string of the molecule is CNC(=O)ON=C(CC(C)C)C(F)(F)F. The Morgan fingerprint density at radius 1 is 1.47 bits per heavy atom. The summed E-state index contributed by atoms with van der Waals surface area (Å²) in [6, 6.07) is 0. The number of carbonyl (C=O) groups excluding carboxylic acids is 1. The molecule has 15 heavy (non-hydrogen) atoms. The van der Waals surface area contributed by atoms with Crippen LogP contribution in [0.3, 0.4) is 0 Å². The van der Waals surface area contributed by atoms with Gasteiger partial charge in [-0.05, 0) is 5.92 Å². The van der Waals surface area contributed by atoms with Crippen LogP contribution in [0, 0.1) is 5.92 Å². The van der Waals surface area contributed by atoms with Gasteiger partial charge in [-0.15, -0.1) is 0 Å². The van der Waals surface area contributed by atoms with E-state index in [0.717, 1.165) is 0 Å². The molecule has 7 heteroatoms. The molecule has 0 aromatic carbocycles. The van der Waals surface area contributed by atoms with Crippen molar-refractivity contribution < 1.29 is 22.8 Å². The number of oxime groups is 1. The summed E-state index contributed by atoms with van der Waals surface area (Å²) in [5, 5.41) is 4.78. The summed E-state index contributed by atoms with van der Waals surface area (Å²) in [5.41, 5.74) is -1.10. The van der Waals surface area contributed by atoms with Gasteiger partial charge in [-0.1, -0.05) is 19.0 Å². The van der Waals surface area contributed by atoms with Gasteiger partial charge in [-0.25, -0.2) is 4.79 Å². The fraction of sp³-hybridized carbons (Fsp3) is 0.750. The highest BCUT2D eigenvalue weighted by Gasteiger charge is 2.36. The van der Waals surface area contributed by atoms with E-state index in [-0.39, 0.29) is 12.3 Å². The molecule has 1 N–H and O–H groups in total. The van der Waals surface area contributed by atoms with Crippen LogP contribution in [0.25, 0.3) is 0 Å². The zero-order chi connectivity index (χ0) is 12.1. The van der Waals surface area contributed by atoms with Crippen molar-refractivity contribution in [1.29, 1.82) is 0 Å². The topological polar surface area (TPSA) is 50.7 Å². The van der Waals surface area contributed by atoms with E-state index >= 15 is 0 Å². The number of alkyl halides is 3. The van der Waals surface area contributed by atoms with E-state index in [1.165, 1.54) is 7.05 Å². The van der Waals surface area contributed by atoms with Crippen molar-refractivity contribution in [3.05, 3.63) is 0 Å². The quantitative estimate of drug-likeness (QED) is 0.456. The summed E-state index contributed by atoms with van der Waals surface area (Å²) in [4.78, 5) is 14.5. The van der Waals surface area contributed by atoms with Crippen molar-refractivity contribution in [2.75, 3.05) is 7.05 Å². The van der Waals surface area contributed by atoms with Gasteiger partial charge >= 0.3 is 12.3 Å². The molecule has 0 aromatic rings. The van der Waals surface area contributed by atoms with E-state index in [0.29, 0.717) is 0 Å². The lowest BCUT2D eigenvalue weighted by Crippen LogP contribution is -2.26. The van der Waals surface area contributed by atoms with E-state index in [1.807, 2.05) is 5.32 Å². The maximum absolute atomic E-state index is 12.3. The number of halogens is 3. The van der Waals surface area contributed by atoms with Crippen molar-refractivity contribution in [3.63, 3.8) is 0 Å². The minimum atomic E-state index is -4.57. The van der Waals surface area contributed by atoms with Gasteiger partial charge in [-0.2, -0.15) is 13.2 Å². The smallest absolute Gasteiger partial charge is 0.323 e. The predicted octanol–water partition coefficient (Wildman–Crippen LogP) is 2.31. The number of carbonyl (C=O) groups is 1. The van der Waals surface area contributed by atoms with Gasteiger partial charge in [0, 0.05) is 13.5 Å². The van der Waals surface area contributed by atoms with Gasteiger partial charge in [0.25, 0.3) is 0 Å². The molecule has 88 valence electrons. The van der Waals surface area contributed by atoms with Crippen molar-refractivity contribution in [2.24, 2.45) is 11.1 Å². The molecule has 0 saturated carbocycles. The lowest BCUT2D eigenvalue weighted by Gasteiger charge is -2.11. The molecule has 0 aliphatic rings. The lowest BCUT2D eigenvalue weighted by molar-refractivity contribution is -0.0633. The lowest BCUT2D eigenvalue weighted by atomic mass is 10.1. The normalized spacial score (nSPS) is 12.9. The fourth-order valence-electron chi connectivity index (χ4n) is 0.734. The highest BCUT2D eigenvalue weighted by atomic mass is 19.4. The monoisotopic (exact) mass is 226 g/mol. The maximum Gasteiger partial charge on any atom is 0.433 e. The molecule has 0 fully saturated rings. The maximum atomic E-state index is 12.3. The second-order valence-electron chi connectivity index (χ2n) is 3.26. The van der Waals surface area contributed by atoms with Crippen LogP contribution >= 0.6 is 0 Å². The predicted molar refractivity (Wildman–Crippen MR) is 48.5 cm³/mol. The Kier molecular flexibility index (Phi) is 5.10. The molecule has 0 heterocycles. The summed E-state index contributed by atoms with van der Waals surface area (Å²) in [7, 11) is 1.23. The summed E-state index contributed by atoms with van der Waals surface area (Å²) in [6.07, 6.45) is -5.89. The van der Waals surface area contributed by atoms with E-state index in [9.17, 15) is 18.0 Å². The van der Waals surface area contributed by atoms with Crippen molar-refractivity contribution in [1.82, 2.24) is 5.32 Å². The van der Waals surface area contributed by atoms with Crippen molar-refractivity contribution in [3.8, 4) is 0 Å². The molecule has 0 aliphatic carbocycles. The molecule has 0 rings (SSSR count). The summed E-state index contributed by atoms with van der Waals surface area (Å²) >= 11 is 0. The molecule has 0 atom stereocenters. The first-order valence-electron chi connectivity index (χ1n) is 4.30. The first-order chi connectivity index (χ1) is 6.77. The molecule has 0 radical (unpaired) electrons. The number of nitrogens with one attached hydrogen (secondary N) is 1. The van der Waals surface area contributed by atoms with Crippen LogP contribution in [0.2, 0.25) is 0 Å². The Balaban J connectivity index is 4.56. The Bertz CT molecular complexity index is 249. The Morgan fingerprint density at radius 2 is 2.00 bits per heavy atom. The second kappa shape index (κ2) is 5.57. The van der Waals surface area contributed by atoms with Gasteiger partial charge in [0.2, 0.25) is 0 Å². The fourth-order valence-corrected chi connectivity index (χ4v) is 0.734. The average Bonchev–Trinajstić information content (AvgIpc) is 2.09. The number of rotatable bonds is 3. The number of nitrogens with zero attached hydrogens (tertiary/aromatic N) is 1. The molecule has 4 nitrogen and oxygen atoms in total. The highest BCUT2D eigenvalue weighted by molar-refractivity contribution is 5.89. The number of hydrogen-bond acceptors (Lipinski definition) is 3. The van der Waals surface area contributed by atoms with Gasteiger partial charge in [-0.3, -0.25) is 4.84 Å². The van der Waals surface area contributed by atoms with Gasteiger partial charge in [0.05, 0.1) is 0 Å². The van der Waals surface area contributed by atoms with Crippen LogP contribution in [0.15, 0.2) is 5.16 Å². The average molecular weight is 226 g/mol. The minimum absolute atomic E-state index is 0.223. The Labute approximate surface area is 85.5 Å². The number of amides is 1. The zero-order valence-corrected chi connectivity index (χ0v) is 8.68. The summed E-state index contributed by atoms with van der Waals surface area (Å²) < 4.78 is 36.9. The molecule has 0 saturated heterocycles. The minimum Gasteiger partial charge on any atom is -0.323 e. The molecule has 0 unspecified atom stereocenters. The molecule has 0 aromatic heterocycles. The molecule has 0 spiro atoms. The van der Waals surface area contributed by atoms with Gasteiger partial charge < -0.3 is 5.32 Å². The zero-order valence-electron chi connectivity index (χ0n) is 8.68. The van der Waals surface area contributed by atoms with Crippen LogP contribution in [-0.4, -0.2) is 25.0 Å². The van der Waals surface area contributed by atoms with E-state index in [4.69, 9.17) is 0 Å². The standard InChI is InChI=1S/C8H13F3N2O2/c1-5(2)4-6(8(9,10)11)13-15-7(14)12-3/h5H,4H2,1-3H3,(H,12,14). The van der Waals surface area contributed by atoms with Crippen LogP contribution in [0.5, 0.6) is 0 Å². The highest BCUT2D eigenvalue weighted by Crippen LogP contribution is 2.22. The van der Waals surface area contributed by atoms with Gasteiger partial charge in [0.15, 0.2) is 5.71 Å². The van der Waals surface area contributed by atoms with Crippen LogP contribution < -0.4 is 5.32 Å². The number of hydrogen-bond donors (Lipinski definition) is 1. The second-order valence-corrected chi connectivity index (χ2v) is 3.26. The Hall–Kier alpha value is -1.27. The largest absolute Gasteiger partial charge is 0.433 e. The summed E-state index contributed by atoms with van der Waals surface area (Å²) in [6.45, 7) is 3.22. The van der Waals surface area contributed by atoms with E-state index < -0.39 is 18.0 Å².